The van der Waals surface area contributed by atoms with E-state index in [0.29, 0.717) is 32.3 Å². The average molecular weight is 752 g/mol. The van der Waals surface area contributed by atoms with Crippen LogP contribution >= 0.6 is 11.6 Å². The van der Waals surface area contributed by atoms with Crippen molar-refractivity contribution in [2.75, 3.05) is 56.1 Å². The molecule has 3 heterocycles. The molecule has 1 saturated heterocycles. The van der Waals surface area contributed by atoms with Crippen molar-refractivity contribution in [3.8, 4) is 12.0 Å². The average Bonchev–Trinajstić information content (AvgIpc) is 3.03. The molecule has 0 amide bonds. The van der Waals surface area contributed by atoms with E-state index in [0.717, 1.165) is 12.1 Å². The van der Waals surface area contributed by atoms with Crippen LogP contribution in [-0.2, 0) is 25.0 Å². The van der Waals surface area contributed by atoms with Gasteiger partial charge in [0.1, 0.15) is 20.2 Å². The summed E-state index contributed by atoms with van der Waals surface area (Å²) in [7, 11) is -7.41. The molecule has 0 saturated carbocycles. The van der Waals surface area contributed by atoms with E-state index < -0.39 is 30.0 Å². The van der Waals surface area contributed by atoms with Crippen LogP contribution in [0.5, 0.6) is 12.0 Å². The summed E-state index contributed by atoms with van der Waals surface area (Å²) in [5.74, 6) is 0.236. The van der Waals surface area contributed by atoms with Crippen molar-refractivity contribution in [3.63, 3.8) is 0 Å². The van der Waals surface area contributed by atoms with Gasteiger partial charge in [-0.2, -0.15) is 29.9 Å². The molecule has 2 N–H and O–H groups in total. The van der Waals surface area contributed by atoms with E-state index in [-0.39, 0.29) is 111 Å². The molecule has 1 aliphatic heterocycles. The van der Waals surface area contributed by atoms with Crippen molar-refractivity contribution >= 4 is 73.2 Å². The largest absolute Gasteiger partial charge is 1.00 e. The number of nitrogens with one attached hydrogen (secondary N) is 2. The topological polar surface area (TPSA) is 247 Å². The molecule has 1 aliphatic rings. The Morgan fingerprint density at radius 2 is 1.22 bits per heavy atom. The van der Waals surface area contributed by atoms with E-state index in [1.165, 1.54) is 50.6 Å². The van der Waals surface area contributed by atoms with Crippen molar-refractivity contribution in [1.82, 2.24) is 29.9 Å². The van der Waals surface area contributed by atoms with Crippen LogP contribution in [0, 0.1) is 0 Å². The first kappa shape index (κ1) is 40.7. The molecule has 2 aromatic heterocycles. The van der Waals surface area contributed by atoms with Crippen molar-refractivity contribution in [2.24, 2.45) is 0 Å². The number of ether oxygens (including phenoxy) is 3. The molecule has 0 unspecified atom stereocenters. The summed E-state index contributed by atoms with van der Waals surface area (Å²) in [5.41, 5.74) is 0.0642. The van der Waals surface area contributed by atoms with Gasteiger partial charge in [-0.05, 0) is 47.0 Å². The first-order valence-corrected chi connectivity index (χ1v) is 16.5. The Labute approximate surface area is 330 Å². The Bertz CT molecular complexity index is 2060. The normalized spacial score (nSPS) is 13.3. The van der Waals surface area contributed by atoms with Crippen molar-refractivity contribution in [1.29, 1.82) is 0 Å². The summed E-state index contributed by atoms with van der Waals surface area (Å²) < 4.78 is 88.7. The molecule has 1 fully saturated rings. The smallest absolute Gasteiger partial charge is 0.744 e. The van der Waals surface area contributed by atoms with Crippen LogP contribution in [-0.4, -0.2) is 96.4 Å². The minimum Gasteiger partial charge on any atom is -0.744 e. The molecular weight excluding hydrogens is 728 g/mol. The van der Waals surface area contributed by atoms with E-state index in [2.05, 4.69) is 40.5 Å². The van der Waals surface area contributed by atoms with Crippen LogP contribution in [0.25, 0.3) is 12.2 Å². The fourth-order valence-electron chi connectivity index (χ4n) is 4.25. The van der Waals surface area contributed by atoms with Crippen LogP contribution in [0.2, 0.25) is 5.28 Å². The number of hydrogen-bond acceptors (Lipinski definition) is 18. The molecular formula is C26H24ClN9Na2O9S2. The van der Waals surface area contributed by atoms with E-state index in [1.54, 1.807) is 0 Å². The summed E-state index contributed by atoms with van der Waals surface area (Å²) in [6.07, 6.45) is 2.37. The third kappa shape index (κ3) is 10.9. The SMILES string of the molecule is COc1nc(Cl)nc(Nc2ccc(C=Cc3ccc(Nc4nc(OC)nc(N5CCOCC5)n4)cc3S(=O)(=O)[O-])c(S(=O)(=O)[O-])c2)n1.[Na+].[Na+]. The second kappa shape index (κ2) is 17.5. The number of methoxy groups -OCH3 is 2. The fourth-order valence-corrected chi connectivity index (χ4v) is 5.79. The van der Waals surface area contributed by atoms with Crippen molar-refractivity contribution < 1.29 is 99.3 Å². The zero-order chi connectivity index (χ0) is 33.8. The monoisotopic (exact) mass is 751 g/mol. The third-order valence-electron chi connectivity index (χ3n) is 6.37. The quantitative estimate of drug-likeness (QED) is 0.0843. The Morgan fingerprint density at radius 3 is 1.69 bits per heavy atom. The molecule has 0 bridgehead atoms. The maximum absolute atomic E-state index is 12.3. The van der Waals surface area contributed by atoms with Gasteiger partial charge in [0, 0.05) is 24.5 Å². The van der Waals surface area contributed by atoms with Gasteiger partial charge in [-0.1, -0.05) is 24.3 Å². The molecule has 2 aromatic carbocycles. The minimum absolute atomic E-state index is 0. The first-order valence-electron chi connectivity index (χ1n) is 13.3. The molecule has 23 heteroatoms. The van der Waals surface area contributed by atoms with Crippen molar-refractivity contribution in [3.05, 3.63) is 52.8 Å². The minimum atomic E-state index is -5.05. The summed E-state index contributed by atoms with van der Waals surface area (Å²) in [6.45, 7) is 2.02. The molecule has 0 atom stereocenters. The van der Waals surface area contributed by atoms with E-state index in [1.807, 2.05) is 4.90 Å². The van der Waals surface area contributed by atoms with Crippen molar-refractivity contribution in [2.45, 2.75) is 9.79 Å². The van der Waals surface area contributed by atoms with E-state index in [4.69, 9.17) is 25.8 Å². The van der Waals surface area contributed by atoms with Gasteiger partial charge in [0.2, 0.25) is 23.1 Å². The zero-order valence-electron chi connectivity index (χ0n) is 26.4. The molecule has 4 aromatic rings. The predicted molar refractivity (Wildman–Crippen MR) is 165 cm³/mol. The van der Waals surface area contributed by atoms with Crippen LogP contribution < -0.4 is 84.1 Å². The Hall–Kier alpha value is -2.73. The number of aromatic nitrogens is 6. The maximum atomic E-state index is 12.3. The van der Waals surface area contributed by atoms with Gasteiger partial charge in [0.15, 0.2) is 0 Å². The molecule has 49 heavy (non-hydrogen) atoms. The molecule has 0 spiro atoms. The maximum Gasteiger partial charge on any atom is 1.00 e. The predicted octanol–water partition coefficient (Wildman–Crippen LogP) is -3.96. The van der Waals surface area contributed by atoms with E-state index in [9.17, 15) is 25.9 Å². The second-order valence-electron chi connectivity index (χ2n) is 9.46. The van der Waals surface area contributed by atoms with Gasteiger partial charge in [0.25, 0.3) is 0 Å². The summed E-state index contributed by atoms with van der Waals surface area (Å²) >= 11 is 5.84. The number of morpholine rings is 1. The van der Waals surface area contributed by atoms with Crippen LogP contribution in [0.1, 0.15) is 11.1 Å². The fraction of sp³-hybridized carbons (Fsp3) is 0.231. The first-order chi connectivity index (χ1) is 22.3. The molecule has 248 valence electrons. The number of hydrogen-bond donors (Lipinski definition) is 2. The molecule has 5 rings (SSSR count). The number of nitrogens with zero attached hydrogens (tertiary/aromatic N) is 7. The zero-order valence-corrected chi connectivity index (χ0v) is 32.8. The second-order valence-corrected chi connectivity index (χ2v) is 12.5. The Morgan fingerprint density at radius 1 is 0.755 bits per heavy atom. The molecule has 0 radical (unpaired) electrons. The summed E-state index contributed by atoms with van der Waals surface area (Å²) in [4.78, 5) is 24.9. The van der Waals surface area contributed by atoms with Gasteiger partial charge >= 0.3 is 71.1 Å². The number of rotatable bonds is 11. The van der Waals surface area contributed by atoms with Crippen LogP contribution in [0.3, 0.4) is 0 Å². The number of benzene rings is 2. The van der Waals surface area contributed by atoms with Crippen LogP contribution in [0.15, 0.2) is 46.2 Å². The Kier molecular flexibility index (Phi) is 14.5. The van der Waals surface area contributed by atoms with Gasteiger partial charge in [-0.15, -0.1) is 0 Å². The standard InChI is InChI=1S/C26H26ClN9O9S2.2Na/c1-43-25-31-21(27)30-22(33-25)28-17-7-5-15(19(13-17)46(37,38)39)3-4-16-6-8-18(14-20(16)47(40,41)42)29-23-32-24(35-26(34-23)44-2)36-9-11-45-12-10-36;;/h3-8,13-14H,9-12H2,1-2H3,(H,37,38,39)(H,40,41,42)(H,28,30,31,33)(H,29,32,34,35);;/q;2*+1/p-2. The molecule has 18 nitrogen and oxygen atoms in total. The van der Waals surface area contributed by atoms with Gasteiger partial charge in [-0.25, -0.2) is 16.8 Å². The Balaban J connectivity index is 0.00000325. The van der Waals surface area contributed by atoms with Crippen LogP contribution in [0.4, 0.5) is 29.2 Å². The summed E-state index contributed by atoms with van der Waals surface area (Å²) in [6, 6.07) is 7.44. The summed E-state index contributed by atoms with van der Waals surface area (Å²) in [5, 5.41) is 5.36. The van der Waals surface area contributed by atoms with Gasteiger partial charge in [0.05, 0.1) is 37.2 Å². The number of halogens is 1. The van der Waals surface area contributed by atoms with Gasteiger partial charge < -0.3 is 38.8 Å². The van der Waals surface area contributed by atoms with E-state index >= 15 is 0 Å². The van der Waals surface area contributed by atoms with Gasteiger partial charge in [-0.3, -0.25) is 0 Å². The third-order valence-corrected chi connectivity index (χ3v) is 8.32. The molecule has 0 aliphatic carbocycles. The number of anilines is 5.